The Labute approximate surface area is 144 Å². The number of nitrogens with zero attached hydrogens (tertiary/aromatic N) is 3. The molecule has 2 aliphatic heterocycles. The van der Waals surface area contributed by atoms with E-state index in [2.05, 4.69) is 4.90 Å². The van der Waals surface area contributed by atoms with Gasteiger partial charge in [0.05, 0.1) is 19.3 Å². The molecule has 0 aromatic carbocycles. The quantitative estimate of drug-likeness (QED) is 0.702. The van der Waals surface area contributed by atoms with Crippen LogP contribution in [0.15, 0.2) is 0 Å². The van der Waals surface area contributed by atoms with Crippen LogP contribution in [0.1, 0.15) is 32.6 Å². The third-order valence-corrected chi connectivity index (χ3v) is 4.71. The van der Waals surface area contributed by atoms with Gasteiger partial charge in [-0.15, -0.1) is 0 Å². The summed E-state index contributed by atoms with van der Waals surface area (Å²) in [4.78, 5) is 30.1. The first kappa shape index (κ1) is 19.1. The van der Waals surface area contributed by atoms with E-state index in [-0.39, 0.29) is 18.4 Å². The van der Waals surface area contributed by atoms with E-state index in [9.17, 15) is 14.7 Å². The molecule has 2 rings (SSSR count). The number of carbonyl (C=O) groups excluding carboxylic acids is 2. The highest BCUT2D eigenvalue weighted by Crippen LogP contribution is 2.12. The topological polar surface area (TPSA) is 73.3 Å². The molecule has 2 amide bonds. The summed E-state index contributed by atoms with van der Waals surface area (Å²) in [5, 5.41) is 9.89. The monoisotopic (exact) mass is 341 g/mol. The summed E-state index contributed by atoms with van der Waals surface area (Å²) in [5.74, 6) is 0.151. The molecule has 7 heteroatoms. The Morgan fingerprint density at radius 3 is 2.62 bits per heavy atom. The summed E-state index contributed by atoms with van der Waals surface area (Å²) >= 11 is 0. The van der Waals surface area contributed by atoms with Gasteiger partial charge in [-0.05, 0) is 19.8 Å². The van der Waals surface area contributed by atoms with Crippen molar-refractivity contribution in [1.29, 1.82) is 0 Å². The molecule has 1 N–H and O–H groups in total. The number of hydrogen-bond acceptors (Lipinski definition) is 5. The fourth-order valence-corrected chi connectivity index (χ4v) is 3.25. The molecule has 7 nitrogen and oxygen atoms in total. The maximum Gasteiger partial charge on any atom is 0.242 e. The average Bonchev–Trinajstić information content (AvgIpc) is 2.78. The van der Waals surface area contributed by atoms with E-state index >= 15 is 0 Å². The van der Waals surface area contributed by atoms with E-state index in [0.29, 0.717) is 45.8 Å². The summed E-state index contributed by atoms with van der Waals surface area (Å²) in [5.41, 5.74) is 0. The van der Waals surface area contributed by atoms with Crippen molar-refractivity contribution in [3.8, 4) is 0 Å². The number of amides is 2. The first-order valence-electron chi connectivity index (χ1n) is 9.14. The highest BCUT2D eigenvalue weighted by atomic mass is 16.5. The van der Waals surface area contributed by atoms with Crippen LogP contribution in [0.5, 0.6) is 0 Å². The Hall–Kier alpha value is -1.18. The minimum Gasteiger partial charge on any atom is -0.389 e. The third kappa shape index (κ3) is 6.03. The fourth-order valence-electron chi connectivity index (χ4n) is 3.25. The largest absolute Gasteiger partial charge is 0.389 e. The molecule has 0 aromatic rings. The molecular weight excluding hydrogens is 310 g/mol. The van der Waals surface area contributed by atoms with E-state index in [1.54, 1.807) is 4.90 Å². The van der Waals surface area contributed by atoms with Gasteiger partial charge in [0, 0.05) is 52.3 Å². The van der Waals surface area contributed by atoms with E-state index in [1.165, 1.54) is 0 Å². The van der Waals surface area contributed by atoms with Crippen LogP contribution >= 0.6 is 0 Å². The van der Waals surface area contributed by atoms with Crippen molar-refractivity contribution in [2.75, 3.05) is 59.0 Å². The van der Waals surface area contributed by atoms with Crippen LogP contribution in [0, 0.1) is 0 Å². The summed E-state index contributed by atoms with van der Waals surface area (Å²) < 4.78 is 5.22. The molecule has 0 radical (unpaired) electrons. The molecule has 2 heterocycles. The molecule has 138 valence electrons. The molecule has 0 unspecified atom stereocenters. The molecule has 2 fully saturated rings. The second-order valence-electron chi connectivity index (χ2n) is 6.62. The number of aliphatic hydroxyl groups is 1. The Kier molecular flexibility index (Phi) is 7.94. The molecule has 2 saturated heterocycles. The summed E-state index contributed by atoms with van der Waals surface area (Å²) in [6.45, 7) is 7.18. The van der Waals surface area contributed by atoms with Gasteiger partial charge in [0.25, 0.3) is 0 Å². The fraction of sp³-hybridized carbons (Fsp3) is 0.882. The second-order valence-corrected chi connectivity index (χ2v) is 6.62. The normalized spacial score (nSPS) is 21.7. The van der Waals surface area contributed by atoms with Crippen molar-refractivity contribution in [3.05, 3.63) is 0 Å². The molecule has 0 saturated carbocycles. The van der Waals surface area contributed by atoms with Gasteiger partial charge in [-0.25, -0.2) is 0 Å². The van der Waals surface area contributed by atoms with Gasteiger partial charge in [-0.1, -0.05) is 6.42 Å². The number of aliphatic hydroxyl groups excluding tert-OH is 1. The summed E-state index contributed by atoms with van der Waals surface area (Å²) in [6.07, 6.45) is 3.08. The maximum atomic E-state index is 12.4. The zero-order valence-corrected chi connectivity index (χ0v) is 14.8. The van der Waals surface area contributed by atoms with Crippen molar-refractivity contribution >= 4 is 11.8 Å². The standard InChI is InChI=1S/C17H31N3O4/c1-2-24-14-15(21)12-18-8-10-19(11-9-18)17(23)13-20-7-5-3-4-6-16(20)22/h15,21H,2-14H2,1H3/t15-/m1/s1. The third-order valence-electron chi connectivity index (χ3n) is 4.71. The number of β-amino-alcohol motifs (C(OH)–C–C–N with tert-alkyl or cyclic N) is 1. The van der Waals surface area contributed by atoms with Crippen LogP contribution < -0.4 is 0 Å². The Morgan fingerprint density at radius 1 is 1.17 bits per heavy atom. The lowest BCUT2D eigenvalue weighted by Gasteiger charge is -2.36. The van der Waals surface area contributed by atoms with Crippen LogP contribution in [-0.2, 0) is 14.3 Å². The molecule has 0 spiro atoms. The highest BCUT2D eigenvalue weighted by Gasteiger charge is 2.26. The van der Waals surface area contributed by atoms with Crippen LogP contribution in [0.4, 0.5) is 0 Å². The van der Waals surface area contributed by atoms with Crippen molar-refractivity contribution in [2.45, 2.75) is 38.7 Å². The highest BCUT2D eigenvalue weighted by molar-refractivity contribution is 5.85. The Balaban J connectivity index is 1.71. The predicted molar refractivity (Wildman–Crippen MR) is 90.6 cm³/mol. The smallest absolute Gasteiger partial charge is 0.242 e. The molecule has 0 bridgehead atoms. The van der Waals surface area contributed by atoms with Gasteiger partial charge >= 0.3 is 0 Å². The van der Waals surface area contributed by atoms with Crippen LogP contribution in [0.25, 0.3) is 0 Å². The van der Waals surface area contributed by atoms with Gasteiger partial charge in [0.1, 0.15) is 0 Å². The first-order chi connectivity index (χ1) is 11.6. The Bertz CT molecular complexity index is 411. The van der Waals surface area contributed by atoms with Gasteiger partial charge in [-0.2, -0.15) is 0 Å². The van der Waals surface area contributed by atoms with E-state index in [4.69, 9.17) is 4.74 Å². The van der Waals surface area contributed by atoms with Crippen molar-refractivity contribution in [3.63, 3.8) is 0 Å². The van der Waals surface area contributed by atoms with Crippen LogP contribution in [0.2, 0.25) is 0 Å². The van der Waals surface area contributed by atoms with Gasteiger partial charge < -0.3 is 19.6 Å². The minimum atomic E-state index is -0.484. The number of carbonyl (C=O) groups is 2. The van der Waals surface area contributed by atoms with Crippen molar-refractivity contribution in [1.82, 2.24) is 14.7 Å². The van der Waals surface area contributed by atoms with Gasteiger partial charge in [0.2, 0.25) is 11.8 Å². The SMILES string of the molecule is CCOC[C@H](O)CN1CCN(C(=O)CN2CCCCCC2=O)CC1. The second kappa shape index (κ2) is 9.96. The lowest BCUT2D eigenvalue weighted by Crippen LogP contribution is -2.53. The predicted octanol–water partition coefficient (Wildman–Crippen LogP) is -0.0694. The number of ether oxygens (including phenoxy) is 1. The van der Waals surface area contributed by atoms with E-state index in [0.717, 1.165) is 32.4 Å². The summed E-state index contributed by atoms with van der Waals surface area (Å²) in [7, 11) is 0. The number of piperazine rings is 1. The molecular formula is C17H31N3O4. The molecule has 24 heavy (non-hydrogen) atoms. The number of rotatable bonds is 7. The number of hydrogen-bond donors (Lipinski definition) is 1. The van der Waals surface area contributed by atoms with E-state index in [1.807, 2.05) is 11.8 Å². The van der Waals surface area contributed by atoms with Crippen LogP contribution in [0.3, 0.4) is 0 Å². The minimum absolute atomic E-state index is 0.0414. The zero-order chi connectivity index (χ0) is 17.4. The molecule has 2 aliphatic rings. The maximum absolute atomic E-state index is 12.4. The lowest BCUT2D eigenvalue weighted by molar-refractivity contribution is -0.141. The lowest BCUT2D eigenvalue weighted by atomic mass is 10.2. The number of likely N-dealkylation sites (tertiary alicyclic amines) is 1. The molecule has 0 aromatic heterocycles. The molecule has 0 aliphatic carbocycles. The van der Waals surface area contributed by atoms with Crippen molar-refractivity contribution < 1.29 is 19.4 Å². The average molecular weight is 341 g/mol. The van der Waals surface area contributed by atoms with Gasteiger partial charge in [-0.3, -0.25) is 14.5 Å². The van der Waals surface area contributed by atoms with Crippen molar-refractivity contribution in [2.24, 2.45) is 0 Å². The van der Waals surface area contributed by atoms with E-state index < -0.39 is 6.10 Å². The summed E-state index contributed by atoms with van der Waals surface area (Å²) in [6, 6.07) is 0. The van der Waals surface area contributed by atoms with Crippen LogP contribution in [-0.4, -0.2) is 96.8 Å². The Morgan fingerprint density at radius 2 is 1.92 bits per heavy atom. The first-order valence-corrected chi connectivity index (χ1v) is 9.14. The zero-order valence-electron chi connectivity index (χ0n) is 14.8. The molecule has 1 atom stereocenters. The van der Waals surface area contributed by atoms with Gasteiger partial charge in [0.15, 0.2) is 0 Å².